The van der Waals surface area contributed by atoms with Crippen LogP contribution in [-0.2, 0) is 9.53 Å². The Morgan fingerprint density at radius 1 is 1.04 bits per heavy atom. The largest absolute Gasteiger partial charge is 0.466 e. The van der Waals surface area contributed by atoms with Crippen LogP contribution in [0.2, 0.25) is 0 Å². The van der Waals surface area contributed by atoms with Crippen LogP contribution in [0.15, 0.2) is 23.2 Å². The van der Waals surface area contributed by atoms with Gasteiger partial charge in [0.2, 0.25) is 0 Å². The number of esters is 1. The van der Waals surface area contributed by atoms with E-state index in [1.165, 1.54) is 0 Å². The Labute approximate surface area is 155 Å². The molecule has 0 heterocycles. The summed E-state index contributed by atoms with van der Waals surface area (Å²) in [5, 5.41) is 0. The van der Waals surface area contributed by atoms with Crippen molar-refractivity contribution in [1.29, 1.82) is 0 Å². The SMILES string of the molecule is CCCOC(=O)CCCC#CC#CCCCC/C=C/C#C/C=C/Br. The van der Waals surface area contributed by atoms with E-state index in [4.69, 9.17) is 4.74 Å². The summed E-state index contributed by atoms with van der Waals surface area (Å²) in [4.78, 5) is 13.0. The second kappa shape index (κ2) is 19.2. The van der Waals surface area contributed by atoms with Crippen LogP contribution < -0.4 is 0 Å². The lowest BCUT2D eigenvalue weighted by atomic mass is 10.2. The first kappa shape index (κ1) is 22.1. The minimum atomic E-state index is -0.135. The van der Waals surface area contributed by atoms with Crippen LogP contribution in [-0.4, -0.2) is 12.6 Å². The number of ether oxygens (including phenoxy) is 1. The number of carbonyl (C=O) groups excluding carboxylic acids is 1. The Morgan fingerprint density at radius 3 is 2.46 bits per heavy atom. The van der Waals surface area contributed by atoms with Gasteiger partial charge in [0.1, 0.15) is 0 Å². The molecule has 0 aliphatic heterocycles. The molecule has 0 aromatic carbocycles. The lowest BCUT2D eigenvalue weighted by Gasteiger charge is -2.00. The number of rotatable bonds is 9. The Balaban J connectivity index is 3.55. The van der Waals surface area contributed by atoms with Gasteiger partial charge in [0.15, 0.2) is 0 Å². The summed E-state index contributed by atoms with van der Waals surface area (Å²) >= 11 is 3.16. The summed E-state index contributed by atoms with van der Waals surface area (Å²) in [7, 11) is 0. The number of hydrogen-bond donors (Lipinski definition) is 0. The molecule has 0 amide bonds. The molecular weight excluding hydrogens is 364 g/mol. The number of hydrogen-bond acceptors (Lipinski definition) is 2. The first-order valence-corrected chi connectivity index (χ1v) is 9.25. The summed E-state index contributed by atoms with van der Waals surface area (Å²) in [6.45, 7) is 2.49. The molecule has 0 fully saturated rings. The summed E-state index contributed by atoms with van der Waals surface area (Å²) in [6.07, 6.45) is 12.5. The molecule has 2 nitrogen and oxygen atoms in total. The lowest BCUT2D eigenvalue weighted by Crippen LogP contribution is -2.04. The summed E-state index contributed by atoms with van der Waals surface area (Å²) in [5.74, 6) is 17.3. The standard InChI is InChI=1S/C21H25BrO2/c1-2-20-24-21(23)18-16-14-12-10-8-6-4-3-5-7-9-11-13-15-17-19-22/h9,11,17,19H,2-5,7,14,16,18,20H2,1H3/b11-9+,19-17+. The number of halogens is 1. The van der Waals surface area contributed by atoms with Crippen LogP contribution in [0.4, 0.5) is 0 Å². The quantitative estimate of drug-likeness (QED) is 0.310. The molecule has 0 saturated heterocycles. The molecule has 0 bridgehead atoms. The molecule has 0 aromatic heterocycles. The molecule has 0 aliphatic rings. The van der Waals surface area contributed by atoms with Gasteiger partial charge in [-0.25, -0.2) is 0 Å². The van der Waals surface area contributed by atoms with Crippen LogP contribution in [0.3, 0.4) is 0 Å². The molecule has 0 unspecified atom stereocenters. The van der Waals surface area contributed by atoms with E-state index in [-0.39, 0.29) is 5.97 Å². The normalized spacial score (nSPS) is 9.58. The van der Waals surface area contributed by atoms with Crippen LogP contribution in [0.5, 0.6) is 0 Å². The average molecular weight is 389 g/mol. The fraction of sp³-hybridized carbons (Fsp3) is 0.476. The number of carbonyl (C=O) groups is 1. The molecule has 0 saturated carbocycles. The highest BCUT2D eigenvalue weighted by atomic mass is 79.9. The van der Waals surface area contributed by atoms with Gasteiger partial charge in [-0.05, 0) is 61.1 Å². The van der Waals surface area contributed by atoms with Crippen molar-refractivity contribution in [1.82, 2.24) is 0 Å². The van der Waals surface area contributed by atoms with E-state index >= 15 is 0 Å². The molecule has 24 heavy (non-hydrogen) atoms. The van der Waals surface area contributed by atoms with E-state index in [2.05, 4.69) is 57.5 Å². The third-order valence-electron chi connectivity index (χ3n) is 2.74. The predicted octanol–water partition coefficient (Wildman–Crippen LogP) is 5.15. The maximum absolute atomic E-state index is 11.2. The Bertz CT molecular complexity index is 568. The van der Waals surface area contributed by atoms with E-state index < -0.39 is 0 Å². The van der Waals surface area contributed by atoms with Gasteiger partial charge in [-0.1, -0.05) is 52.6 Å². The highest BCUT2D eigenvalue weighted by Gasteiger charge is 1.99. The van der Waals surface area contributed by atoms with Gasteiger partial charge in [-0.2, -0.15) is 0 Å². The lowest BCUT2D eigenvalue weighted by molar-refractivity contribution is -0.143. The fourth-order valence-corrected chi connectivity index (χ4v) is 1.70. The van der Waals surface area contributed by atoms with Crippen molar-refractivity contribution in [2.24, 2.45) is 0 Å². The van der Waals surface area contributed by atoms with E-state index in [9.17, 15) is 4.79 Å². The third kappa shape index (κ3) is 18.2. The Kier molecular flexibility index (Phi) is 17.6. The molecule has 0 N–H and O–H groups in total. The van der Waals surface area contributed by atoms with Crippen molar-refractivity contribution < 1.29 is 9.53 Å². The van der Waals surface area contributed by atoms with E-state index in [0.29, 0.717) is 19.4 Å². The van der Waals surface area contributed by atoms with E-state index in [1.807, 2.05) is 13.0 Å². The minimum absolute atomic E-state index is 0.135. The first-order valence-electron chi connectivity index (χ1n) is 8.34. The van der Waals surface area contributed by atoms with Crippen LogP contribution in [0.25, 0.3) is 0 Å². The second-order valence-corrected chi connectivity index (χ2v) is 5.44. The molecule has 0 radical (unpaired) electrons. The zero-order chi connectivity index (χ0) is 17.7. The van der Waals surface area contributed by atoms with Crippen molar-refractivity contribution in [2.45, 2.75) is 58.3 Å². The van der Waals surface area contributed by atoms with Crippen molar-refractivity contribution in [3.8, 4) is 35.5 Å². The summed E-state index contributed by atoms with van der Waals surface area (Å²) < 4.78 is 4.98. The third-order valence-corrected chi connectivity index (χ3v) is 3.01. The van der Waals surface area contributed by atoms with Gasteiger partial charge in [0.05, 0.1) is 6.61 Å². The highest BCUT2D eigenvalue weighted by Crippen LogP contribution is 1.99. The van der Waals surface area contributed by atoms with Gasteiger partial charge < -0.3 is 4.74 Å². The van der Waals surface area contributed by atoms with Crippen LogP contribution in [0.1, 0.15) is 58.3 Å². The van der Waals surface area contributed by atoms with Gasteiger partial charge in [0.25, 0.3) is 0 Å². The van der Waals surface area contributed by atoms with Crippen LogP contribution >= 0.6 is 15.9 Å². The molecule has 0 aromatic rings. The molecule has 0 rings (SSSR count). The van der Waals surface area contributed by atoms with Crippen LogP contribution in [0, 0.1) is 35.5 Å². The van der Waals surface area contributed by atoms with Crippen molar-refractivity contribution in [3.05, 3.63) is 23.2 Å². The van der Waals surface area contributed by atoms with Gasteiger partial charge in [-0.3, -0.25) is 4.79 Å². The average Bonchev–Trinajstić information content (AvgIpc) is 2.59. The molecule has 0 spiro atoms. The van der Waals surface area contributed by atoms with Gasteiger partial charge in [0, 0.05) is 19.3 Å². The summed E-state index contributed by atoms with van der Waals surface area (Å²) in [6, 6.07) is 0. The monoisotopic (exact) mass is 388 g/mol. The zero-order valence-electron chi connectivity index (χ0n) is 14.4. The molecule has 0 atom stereocenters. The smallest absolute Gasteiger partial charge is 0.305 e. The van der Waals surface area contributed by atoms with Gasteiger partial charge in [-0.15, -0.1) is 0 Å². The topological polar surface area (TPSA) is 26.3 Å². The van der Waals surface area contributed by atoms with Crippen molar-refractivity contribution in [2.75, 3.05) is 6.61 Å². The number of allylic oxidation sites excluding steroid dienone is 3. The minimum Gasteiger partial charge on any atom is -0.466 e. The van der Waals surface area contributed by atoms with Gasteiger partial charge >= 0.3 is 5.97 Å². The summed E-state index contributed by atoms with van der Waals surface area (Å²) in [5.41, 5.74) is 0. The van der Waals surface area contributed by atoms with E-state index in [1.54, 1.807) is 11.1 Å². The Morgan fingerprint density at radius 2 is 1.75 bits per heavy atom. The molecule has 0 aliphatic carbocycles. The van der Waals surface area contributed by atoms with E-state index in [0.717, 1.165) is 38.5 Å². The molecular formula is C21H25BrO2. The molecule has 3 heteroatoms. The maximum Gasteiger partial charge on any atom is 0.305 e. The molecule has 128 valence electrons. The zero-order valence-corrected chi connectivity index (χ0v) is 16.0. The first-order chi connectivity index (χ1) is 11.8. The second-order valence-electron chi connectivity index (χ2n) is 4.91. The fourth-order valence-electron chi connectivity index (χ4n) is 1.57. The van der Waals surface area contributed by atoms with Crippen molar-refractivity contribution in [3.63, 3.8) is 0 Å². The Hall–Kier alpha value is -1.89. The van der Waals surface area contributed by atoms with Crippen molar-refractivity contribution >= 4 is 21.9 Å². The maximum atomic E-state index is 11.2. The highest BCUT2D eigenvalue weighted by molar-refractivity contribution is 9.11. The number of unbranched alkanes of at least 4 members (excludes halogenated alkanes) is 4. The predicted molar refractivity (Wildman–Crippen MR) is 104 cm³/mol.